The van der Waals surface area contributed by atoms with Crippen LogP contribution < -0.4 is 0 Å². The number of hydrogen-bond acceptors (Lipinski definition) is 2. The van der Waals surface area contributed by atoms with Crippen LogP contribution in [0, 0.1) is 0 Å². The van der Waals surface area contributed by atoms with Crippen molar-refractivity contribution < 1.29 is 27.1 Å². The number of rotatable bonds is 0. The van der Waals surface area contributed by atoms with Crippen molar-refractivity contribution >= 4 is 6.09 Å². The van der Waals surface area contributed by atoms with E-state index >= 15 is 0 Å². The van der Waals surface area contributed by atoms with Gasteiger partial charge in [-0.1, -0.05) is 0 Å². The van der Waals surface area contributed by atoms with E-state index in [1.165, 1.54) is 20.8 Å². The molecule has 0 aromatic carbocycles. The Hall–Kier alpha value is -1.01. The Bertz CT molecular complexity index is 282. The van der Waals surface area contributed by atoms with Crippen LogP contribution in [0.25, 0.3) is 0 Å². The highest BCUT2D eigenvalue weighted by Gasteiger charge is 2.64. The summed E-state index contributed by atoms with van der Waals surface area (Å²) >= 11 is 0. The van der Waals surface area contributed by atoms with Gasteiger partial charge in [-0.3, -0.25) is 4.90 Å². The van der Waals surface area contributed by atoms with E-state index in [1.54, 1.807) is 0 Å². The van der Waals surface area contributed by atoms with Crippen molar-refractivity contribution in [1.82, 2.24) is 4.90 Å². The van der Waals surface area contributed by atoms with E-state index in [2.05, 4.69) is 0 Å². The molecule has 1 amide bonds. The zero-order valence-electron chi connectivity index (χ0n) is 9.19. The SMILES string of the molecule is CC(C)(C)OC(=O)N1CC(F)(F)C(F)(F)C1. The summed E-state index contributed by atoms with van der Waals surface area (Å²) in [4.78, 5) is 11.6. The van der Waals surface area contributed by atoms with Gasteiger partial charge >= 0.3 is 17.9 Å². The number of ether oxygens (including phenoxy) is 1. The van der Waals surface area contributed by atoms with E-state index in [-0.39, 0.29) is 0 Å². The van der Waals surface area contributed by atoms with Crippen LogP contribution in [0.1, 0.15) is 20.8 Å². The Morgan fingerprint density at radius 3 is 1.81 bits per heavy atom. The van der Waals surface area contributed by atoms with Gasteiger partial charge in [0.2, 0.25) is 0 Å². The highest BCUT2D eigenvalue weighted by atomic mass is 19.3. The third-order valence-corrected chi connectivity index (χ3v) is 1.97. The minimum absolute atomic E-state index is 0.325. The smallest absolute Gasteiger partial charge is 0.410 e. The predicted molar refractivity (Wildman–Crippen MR) is 47.7 cm³/mol. The molecule has 0 spiro atoms. The zero-order chi connectivity index (χ0) is 12.8. The molecule has 1 aliphatic rings. The second-order valence-corrected chi connectivity index (χ2v) is 4.75. The summed E-state index contributed by atoms with van der Waals surface area (Å²) in [7, 11) is 0. The van der Waals surface area contributed by atoms with Gasteiger partial charge in [-0.05, 0) is 20.8 Å². The Morgan fingerprint density at radius 2 is 1.50 bits per heavy atom. The van der Waals surface area contributed by atoms with Crippen LogP contribution in [0.4, 0.5) is 22.4 Å². The van der Waals surface area contributed by atoms with Crippen LogP contribution in [-0.4, -0.2) is 41.5 Å². The summed E-state index contributed by atoms with van der Waals surface area (Å²) in [5.74, 6) is -8.38. The van der Waals surface area contributed by atoms with Gasteiger partial charge in [-0.25, -0.2) is 4.79 Å². The molecule has 1 fully saturated rings. The number of halogens is 4. The monoisotopic (exact) mass is 243 g/mol. The molecule has 0 atom stereocenters. The first-order valence-electron chi connectivity index (χ1n) is 4.68. The Balaban J connectivity index is 2.70. The molecule has 0 radical (unpaired) electrons. The number of carbonyl (C=O) groups is 1. The molecule has 1 rings (SSSR count). The van der Waals surface area contributed by atoms with Gasteiger partial charge in [0.15, 0.2) is 0 Å². The quantitative estimate of drug-likeness (QED) is 0.612. The fourth-order valence-corrected chi connectivity index (χ4v) is 1.22. The standard InChI is InChI=1S/C9H13F4NO2/c1-7(2,3)16-6(15)14-4-8(10,11)9(12,13)5-14/h4-5H2,1-3H3. The summed E-state index contributed by atoms with van der Waals surface area (Å²) in [6, 6.07) is 0. The topological polar surface area (TPSA) is 29.5 Å². The second kappa shape index (κ2) is 3.49. The maximum Gasteiger partial charge on any atom is 0.410 e. The Labute approximate surface area is 90.3 Å². The highest BCUT2D eigenvalue weighted by Crippen LogP contribution is 2.41. The number of alkyl halides is 4. The molecule has 0 aliphatic carbocycles. The molecule has 7 heteroatoms. The third kappa shape index (κ3) is 2.56. The normalized spacial score (nSPS) is 23.3. The fraction of sp³-hybridized carbons (Fsp3) is 0.889. The van der Waals surface area contributed by atoms with Crippen molar-refractivity contribution in [3.05, 3.63) is 0 Å². The number of hydrogen-bond donors (Lipinski definition) is 0. The summed E-state index contributed by atoms with van der Waals surface area (Å²) in [5.41, 5.74) is -0.899. The molecular weight excluding hydrogens is 230 g/mol. The van der Waals surface area contributed by atoms with Gasteiger partial charge in [0.05, 0.1) is 13.1 Å². The highest BCUT2D eigenvalue weighted by molar-refractivity contribution is 5.69. The molecule has 1 heterocycles. The average Bonchev–Trinajstić information content (AvgIpc) is 2.17. The number of amides is 1. The van der Waals surface area contributed by atoms with Crippen molar-refractivity contribution in [3.63, 3.8) is 0 Å². The van der Waals surface area contributed by atoms with Gasteiger partial charge in [-0.2, -0.15) is 17.6 Å². The Morgan fingerprint density at radius 1 is 1.12 bits per heavy atom. The van der Waals surface area contributed by atoms with Crippen LogP contribution in [0.2, 0.25) is 0 Å². The minimum atomic E-state index is -4.19. The molecule has 0 aromatic rings. The summed E-state index contributed by atoms with van der Waals surface area (Å²) in [5, 5.41) is 0. The van der Waals surface area contributed by atoms with E-state index in [9.17, 15) is 22.4 Å². The minimum Gasteiger partial charge on any atom is -0.444 e. The molecule has 0 bridgehead atoms. The summed E-state index contributed by atoms with van der Waals surface area (Å²) < 4.78 is 55.8. The molecule has 1 saturated heterocycles. The van der Waals surface area contributed by atoms with E-state index in [0.29, 0.717) is 4.90 Å². The van der Waals surface area contributed by atoms with Gasteiger partial charge < -0.3 is 4.74 Å². The first kappa shape index (κ1) is 13.1. The molecule has 0 unspecified atom stereocenters. The van der Waals surface area contributed by atoms with Gasteiger partial charge in [0.1, 0.15) is 5.60 Å². The first-order valence-corrected chi connectivity index (χ1v) is 4.68. The number of nitrogens with zero attached hydrogens (tertiary/aromatic N) is 1. The zero-order valence-corrected chi connectivity index (χ0v) is 9.19. The van der Waals surface area contributed by atoms with Crippen molar-refractivity contribution in [2.75, 3.05) is 13.1 Å². The van der Waals surface area contributed by atoms with Gasteiger partial charge in [-0.15, -0.1) is 0 Å². The first-order chi connectivity index (χ1) is 6.95. The lowest BCUT2D eigenvalue weighted by Crippen LogP contribution is -2.38. The van der Waals surface area contributed by atoms with Gasteiger partial charge in [0, 0.05) is 0 Å². The molecule has 0 N–H and O–H groups in total. The van der Waals surface area contributed by atoms with Gasteiger partial charge in [0.25, 0.3) is 0 Å². The van der Waals surface area contributed by atoms with Crippen LogP contribution in [0.5, 0.6) is 0 Å². The molecule has 1 aliphatic heterocycles. The molecule has 0 saturated carbocycles. The Kier molecular flexibility index (Phi) is 2.85. The molecule has 3 nitrogen and oxygen atoms in total. The van der Waals surface area contributed by atoms with Crippen molar-refractivity contribution in [3.8, 4) is 0 Å². The third-order valence-electron chi connectivity index (χ3n) is 1.97. The van der Waals surface area contributed by atoms with Crippen molar-refractivity contribution in [1.29, 1.82) is 0 Å². The lowest BCUT2D eigenvalue weighted by molar-refractivity contribution is -0.172. The number of likely N-dealkylation sites (tertiary alicyclic amines) is 1. The largest absolute Gasteiger partial charge is 0.444 e. The second-order valence-electron chi connectivity index (χ2n) is 4.75. The molecule has 94 valence electrons. The lowest BCUT2D eigenvalue weighted by Gasteiger charge is -2.23. The fourth-order valence-electron chi connectivity index (χ4n) is 1.22. The van der Waals surface area contributed by atoms with Crippen molar-refractivity contribution in [2.45, 2.75) is 38.2 Å². The van der Waals surface area contributed by atoms with Crippen LogP contribution in [0.3, 0.4) is 0 Å². The maximum atomic E-state index is 12.8. The lowest BCUT2D eigenvalue weighted by atomic mass is 10.2. The molecule has 16 heavy (non-hydrogen) atoms. The van der Waals surface area contributed by atoms with E-state index < -0.39 is 36.6 Å². The van der Waals surface area contributed by atoms with Crippen molar-refractivity contribution in [2.24, 2.45) is 0 Å². The average molecular weight is 243 g/mol. The summed E-state index contributed by atoms with van der Waals surface area (Å²) in [6.07, 6.45) is -1.15. The van der Waals surface area contributed by atoms with Crippen LogP contribution >= 0.6 is 0 Å². The van der Waals surface area contributed by atoms with Crippen LogP contribution in [-0.2, 0) is 4.74 Å². The van der Waals surface area contributed by atoms with E-state index in [1.807, 2.05) is 0 Å². The van der Waals surface area contributed by atoms with E-state index in [4.69, 9.17) is 4.74 Å². The molecular formula is C9H13F4NO2. The maximum absolute atomic E-state index is 12.8. The van der Waals surface area contributed by atoms with Crippen LogP contribution in [0.15, 0.2) is 0 Å². The predicted octanol–water partition coefficient (Wildman–Crippen LogP) is 2.51. The summed E-state index contributed by atoms with van der Waals surface area (Å²) in [6.45, 7) is 1.95. The number of carbonyl (C=O) groups excluding carboxylic acids is 1. The molecule has 0 aromatic heterocycles. The van der Waals surface area contributed by atoms with E-state index in [0.717, 1.165) is 0 Å².